The molecule has 2 atom stereocenters. The Balaban J connectivity index is 2.07. The maximum atomic E-state index is 13.5. The quantitative estimate of drug-likeness (QED) is 0.805. The lowest BCUT2D eigenvalue weighted by molar-refractivity contribution is -0.140. The zero-order valence-corrected chi connectivity index (χ0v) is 14.3. The lowest BCUT2D eigenvalue weighted by Crippen LogP contribution is -2.45. The van der Waals surface area contributed by atoms with E-state index in [9.17, 15) is 27.2 Å². The standard InChI is InChI=1S/C19H16F4N2O2/c1-10-8-13(17(24)26)12-4-2-3-5-16(12)25(10)18(27)11-6-7-15(20)14(9-11)19(21,22)23/h2-7,9-10,13H,8H2,1H3,(H2,24,26)/t10-,13+/m0/s1. The highest BCUT2D eigenvalue weighted by atomic mass is 19.4. The van der Waals surface area contributed by atoms with Crippen molar-refractivity contribution < 1.29 is 27.2 Å². The number of carbonyl (C=O) groups is 2. The minimum absolute atomic E-state index is 0.241. The molecular weight excluding hydrogens is 364 g/mol. The molecule has 0 unspecified atom stereocenters. The van der Waals surface area contributed by atoms with Crippen LogP contribution in [0.4, 0.5) is 23.2 Å². The van der Waals surface area contributed by atoms with E-state index in [1.807, 2.05) is 0 Å². The molecule has 2 amide bonds. The summed E-state index contributed by atoms with van der Waals surface area (Å²) < 4.78 is 52.5. The number of hydrogen-bond donors (Lipinski definition) is 1. The van der Waals surface area contributed by atoms with Crippen LogP contribution in [0.3, 0.4) is 0 Å². The Morgan fingerprint density at radius 1 is 1.15 bits per heavy atom. The van der Waals surface area contributed by atoms with Crippen LogP contribution >= 0.6 is 0 Å². The van der Waals surface area contributed by atoms with Gasteiger partial charge >= 0.3 is 6.18 Å². The monoisotopic (exact) mass is 380 g/mol. The van der Waals surface area contributed by atoms with E-state index in [0.29, 0.717) is 23.4 Å². The number of rotatable bonds is 2. The van der Waals surface area contributed by atoms with Gasteiger partial charge in [0.15, 0.2) is 0 Å². The third kappa shape index (κ3) is 3.39. The molecule has 0 radical (unpaired) electrons. The molecule has 0 saturated heterocycles. The third-order valence-electron chi connectivity index (χ3n) is 4.67. The Labute approximate surface area is 152 Å². The van der Waals surface area contributed by atoms with E-state index in [1.165, 1.54) is 4.90 Å². The molecule has 2 aromatic rings. The molecule has 0 fully saturated rings. The summed E-state index contributed by atoms with van der Waals surface area (Å²) in [5.74, 6) is -3.29. The van der Waals surface area contributed by atoms with Gasteiger partial charge in [-0.05, 0) is 43.2 Å². The largest absolute Gasteiger partial charge is 0.419 e. The molecule has 0 aromatic heterocycles. The number of halogens is 4. The molecule has 0 saturated carbocycles. The maximum Gasteiger partial charge on any atom is 0.419 e. The van der Waals surface area contributed by atoms with Gasteiger partial charge in [0.05, 0.1) is 11.5 Å². The van der Waals surface area contributed by atoms with Gasteiger partial charge in [-0.2, -0.15) is 13.2 Å². The summed E-state index contributed by atoms with van der Waals surface area (Å²) in [5.41, 5.74) is 4.61. The van der Waals surface area contributed by atoms with Crippen molar-refractivity contribution in [3.05, 3.63) is 65.0 Å². The Hall–Kier alpha value is -2.90. The molecule has 2 aromatic carbocycles. The van der Waals surface area contributed by atoms with Crippen LogP contribution in [0.2, 0.25) is 0 Å². The number of nitrogens with zero attached hydrogens (tertiary/aromatic N) is 1. The van der Waals surface area contributed by atoms with Crippen molar-refractivity contribution in [2.75, 3.05) is 4.90 Å². The van der Waals surface area contributed by atoms with E-state index >= 15 is 0 Å². The van der Waals surface area contributed by atoms with Crippen LogP contribution in [0.15, 0.2) is 42.5 Å². The highest BCUT2D eigenvalue weighted by Gasteiger charge is 2.38. The molecule has 27 heavy (non-hydrogen) atoms. The predicted molar refractivity (Wildman–Crippen MR) is 90.7 cm³/mol. The van der Waals surface area contributed by atoms with Crippen LogP contribution in [-0.2, 0) is 11.0 Å². The average molecular weight is 380 g/mol. The molecule has 3 rings (SSSR count). The SMILES string of the molecule is C[C@H]1C[C@@H](C(N)=O)c2ccccc2N1C(=O)c1ccc(F)c(C(F)(F)F)c1. The predicted octanol–water partition coefficient (Wildman–Crippen LogP) is 3.85. The fourth-order valence-electron chi connectivity index (χ4n) is 3.41. The topological polar surface area (TPSA) is 63.4 Å². The minimum Gasteiger partial charge on any atom is -0.369 e. The van der Waals surface area contributed by atoms with Gasteiger partial charge in [0.1, 0.15) is 5.82 Å². The minimum atomic E-state index is -4.91. The molecule has 1 aliphatic rings. The van der Waals surface area contributed by atoms with E-state index in [1.54, 1.807) is 31.2 Å². The van der Waals surface area contributed by atoms with Gasteiger partial charge in [-0.1, -0.05) is 18.2 Å². The van der Waals surface area contributed by atoms with Gasteiger partial charge < -0.3 is 10.6 Å². The summed E-state index contributed by atoms with van der Waals surface area (Å²) in [6.45, 7) is 1.68. The Kier molecular flexibility index (Phi) is 4.67. The summed E-state index contributed by atoms with van der Waals surface area (Å²) in [6, 6.07) is 8.27. The summed E-state index contributed by atoms with van der Waals surface area (Å²) in [5, 5.41) is 0. The van der Waals surface area contributed by atoms with Crippen molar-refractivity contribution in [1.82, 2.24) is 0 Å². The van der Waals surface area contributed by atoms with Crippen molar-refractivity contribution in [2.45, 2.75) is 31.5 Å². The first-order chi connectivity index (χ1) is 12.6. The van der Waals surface area contributed by atoms with Crippen molar-refractivity contribution in [3.63, 3.8) is 0 Å². The van der Waals surface area contributed by atoms with Crippen LogP contribution in [-0.4, -0.2) is 17.9 Å². The molecule has 0 bridgehead atoms. The number of hydrogen-bond acceptors (Lipinski definition) is 2. The second kappa shape index (κ2) is 6.68. The highest BCUT2D eigenvalue weighted by Crippen LogP contribution is 2.39. The molecule has 0 spiro atoms. The highest BCUT2D eigenvalue weighted by molar-refractivity contribution is 6.08. The van der Waals surface area contributed by atoms with E-state index in [-0.39, 0.29) is 12.0 Å². The van der Waals surface area contributed by atoms with E-state index in [0.717, 1.165) is 6.07 Å². The van der Waals surface area contributed by atoms with Gasteiger partial charge in [0, 0.05) is 17.3 Å². The van der Waals surface area contributed by atoms with E-state index < -0.39 is 41.3 Å². The number of carbonyl (C=O) groups excluding carboxylic acids is 2. The molecule has 1 aliphatic heterocycles. The Bertz CT molecular complexity index is 911. The summed E-state index contributed by atoms with van der Waals surface area (Å²) in [4.78, 5) is 26.0. The summed E-state index contributed by atoms with van der Waals surface area (Å²) in [6.07, 6.45) is -4.67. The molecule has 8 heteroatoms. The normalized spacial score (nSPS) is 19.5. The fraction of sp³-hybridized carbons (Fsp3) is 0.263. The second-order valence-electron chi connectivity index (χ2n) is 6.47. The van der Waals surface area contributed by atoms with Crippen LogP contribution in [0.25, 0.3) is 0 Å². The number of anilines is 1. The number of nitrogens with two attached hydrogens (primary N) is 1. The van der Waals surface area contributed by atoms with Gasteiger partial charge in [-0.3, -0.25) is 9.59 Å². The third-order valence-corrected chi connectivity index (χ3v) is 4.67. The lowest BCUT2D eigenvalue weighted by atomic mass is 9.85. The van der Waals surface area contributed by atoms with Crippen LogP contribution in [0.5, 0.6) is 0 Å². The summed E-state index contributed by atoms with van der Waals surface area (Å²) in [7, 11) is 0. The second-order valence-corrected chi connectivity index (χ2v) is 6.47. The molecule has 4 nitrogen and oxygen atoms in total. The first kappa shape index (κ1) is 18.9. The maximum absolute atomic E-state index is 13.5. The van der Waals surface area contributed by atoms with Gasteiger partial charge in [-0.15, -0.1) is 0 Å². The smallest absolute Gasteiger partial charge is 0.369 e. The molecular formula is C19H16F4N2O2. The molecule has 142 valence electrons. The fourth-order valence-corrected chi connectivity index (χ4v) is 3.41. The van der Waals surface area contributed by atoms with Crippen LogP contribution in [0.1, 0.15) is 40.7 Å². The van der Waals surface area contributed by atoms with E-state index in [2.05, 4.69) is 0 Å². The lowest BCUT2D eigenvalue weighted by Gasteiger charge is -2.38. The van der Waals surface area contributed by atoms with Gasteiger partial charge in [0.2, 0.25) is 5.91 Å². The van der Waals surface area contributed by atoms with Gasteiger partial charge in [0.25, 0.3) is 5.91 Å². The van der Waals surface area contributed by atoms with Gasteiger partial charge in [-0.25, -0.2) is 4.39 Å². The molecule has 2 N–H and O–H groups in total. The van der Waals surface area contributed by atoms with Crippen LogP contribution < -0.4 is 10.6 Å². The van der Waals surface area contributed by atoms with E-state index in [4.69, 9.17) is 5.73 Å². The summed E-state index contributed by atoms with van der Waals surface area (Å²) >= 11 is 0. The number of benzene rings is 2. The Morgan fingerprint density at radius 3 is 2.44 bits per heavy atom. The molecule has 0 aliphatic carbocycles. The molecule has 1 heterocycles. The van der Waals surface area contributed by atoms with Crippen molar-refractivity contribution >= 4 is 17.5 Å². The van der Waals surface area contributed by atoms with Crippen molar-refractivity contribution in [1.29, 1.82) is 0 Å². The number of amides is 2. The number of primary amides is 1. The number of fused-ring (bicyclic) bond motifs is 1. The first-order valence-electron chi connectivity index (χ1n) is 8.19. The number of alkyl halides is 3. The Morgan fingerprint density at radius 2 is 1.81 bits per heavy atom. The average Bonchev–Trinajstić information content (AvgIpc) is 2.59. The zero-order chi connectivity index (χ0) is 19.9. The zero-order valence-electron chi connectivity index (χ0n) is 14.3. The van der Waals surface area contributed by atoms with Crippen LogP contribution in [0, 0.1) is 5.82 Å². The number of para-hydroxylation sites is 1. The van der Waals surface area contributed by atoms with Crippen molar-refractivity contribution in [2.24, 2.45) is 5.73 Å². The van der Waals surface area contributed by atoms with Crippen molar-refractivity contribution in [3.8, 4) is 0 Å². The first-order valence-corrected chi connectivity index (χ1v) is 8.19.